The van der Waals surface area contributed by atoms with E-state index in [0.29, 0.717) is 13.0 Å². The summed E-state index contributed by atoms with van der Waals surface area (Å²) in [6.45, 7) is 4.59. The zero-order valence-corrected chi connectivity index (χ0v) is 14.5. The van der Waals surface area contributed by atoms with Crippen LogP contribution in [-0.4, -0.2) is 43.2 Å². The maximum absolute atomic E-state index is 12.9. The van der Waals surface area contributed by atoms with Crippen molar-refractivity contribution >= 4 is 16.8 Å². The summed E-state index contributed by atoms with van der Waals surface area (Å²) in [6, 6.07) is 8.55. The van der Waals surface area contributed by atoms with Gasteiger partial charge in [0.1, 0.15) is 12.7 Å². The molecule has 1 saturated heterocycles. The van der Waals surface area contributed by atoms with E-state index in [-0.39, 0.29) is 11.9 Å². The number of hydrogen-bond acceptors (Lipinski definition) is 3. The first-order chi connectivity index (χ1) is 12.3. The molecule has 0 bridgehead atoms. The highest BCUT2D eigenvalue weighted by Gasteiger charge is 2.25. The highest BCUT2D eigenvalue weighted by atomic mass is 16.2. The Morgan fingerprint density at radius 3 is 3.00 bits per heavy atom. The number of carbonyl (C=O) groups is 1. The highest BCUT2D eigenvalue weighted by molar-refractivity contribution is 5.89. The summed E-state index contributed by atoms with van der Waals surface area (Å²) in [4.78, 5) is 18.9. The zero-order chi connectivity index (χ0) is 17.2. The van der Waals surface area contributed by atoms with Crippen LogP contribution in [0.15, 0.2) is 43.1 Å². The number of aromatic nitrogens is 4. The number of likely N-dealkylation sites (tertiary alicyclic amines) is 1. The monoisotopic (exact) mass is 337 g/mol. The molecule has 0 saturated carbocycles. The van der Waals surface area contributed by atoms with Gasteiger partial charge in [0.15, 0.2) is 0 Å². The fourth-order valence-corrected chi connectivity index (χ4v) is 3.80. The maximum atomic E-state index is 12.9. The van der Waals surface area contributed by atoms with E-state index >= 15 is 0 Å². The third-order valence-corrected chi connectivity index (χ3v) is 5.11. The summed E-state index contributed by atoms with van der Waals surface area (Å²) in [5.41, 5.74) is 2.32. The van der Waals surface area contributed by atoms with Crippen LogP contribution in [0.3, 0.4) is 0 Å². The number of fused-ring (bicyclic) bond motifs is 1. The van der Waals surface area contributed by atoms with Crippen LogP contribution >= 0.6 is 0 Å². The summed E-state index contributed by atoms with van der Waals surface area (Å²) in [6.07, 6.45) is 7.93. The van der Waals surface area contributed by atoms with E-state index in [0.717, 1.165) is 31.5 Å². The fraction of sp³-hybridized carbons (Fsp3) is 0.421. The van der Waals surface area contributed by atoms with Gasteiger partial charge in [-0.15, -0.1) is 0 Å². The van der Waals surface area contributed by atoms with E-state index in [1.54, 1.807) is 12.7 Å². The quantitative estimate of drug-likeness (QED) is 0.735. The lowest BCUT2D eigenvalue weighted by molar-refractivity contribution is -0.132. The van der Waals surface area contributed by atoms with Gasteiger partial charge in [0.25, 0.3) is 0 Å². The van der Waals surface area contributed by atoms with Gasteiger partial charge in [-0.05, 0) is 31.4 Å². The highest BCUT2D eigenvalue weighted by Crippen LogP contribution is 2.24. The number of amides is 1. The summed E-state index contributed by atoms with van der Waals surface area (Å²) < 4.78 is 4.09. The number of nitrogens with zero attached hydrogens (tertiary/aromatic N) is 5. The van der Waals surface area contributed by atoms with Crippen molar-refractivity contribution in [2.24, 2.45) is 0 Å². The second kappa shape index (κ2) is 6.70. The lowest BCUT2D eigenvalue weighted by Gasteiger charge is -2.32. The molecule has 1 fully saturated rings. The van der Waals surface area contributed by atoms with Crippen molar-refractivity contribution in [2.75, 3.05) is 13.1 Å². The van der Waals surface area contributed by atoms with Crippen molar-refractivity contribution in [1.29, 1.82) is 0 Å². The minimum atomic E-state index is 0.198. The maximum Gasteiger partial charge on any atom is 0.227 e. The third-order valence-electron chi connectivity index (χ3n) is 5.11. The summed E-state index contributed by atoms with van der Waals surface area (Å²) in [5.74, 6) is 0.198. The number of benzene rings is 1. The molecular weight excluding hydrogens is 314 g/mol. The molecule has 1 aliphatic rings. The minimum Gasteiger partial charge on any atom is -0.347 e. The Balaban J connectivity index is 1.52. The standard InChI is InChI=1S/C19H23N5O/c1-2-22-11-15(17-7-3-4-8-18(17)22)10-19(25)23-9-5-6-16(12-23)24-14-20-13-21-24/h3-4,7-8,11,13-14,16H,2,5-6,9-10,12H2,1H3/t16-/m0/s1. The number of aryl methyl sites for hydroxylation is 1. The summed E-state index contributed by atoms with van der Waals surface area (Å²) in [7, 11) is 0. The zero-order valence-electron chi connectivity index (χ0n) is 14.5. The summed E-state index contributed by atoms with van der Waals surface area (Å²) in [5, 5.41) is 5.42. The smallest absolute Gasteiger partial charge is 0.227 e. The van der Waals surface area contributed by atoms with Gasteiger partial charge in [-0.1, -0.05) is 18.2 Å². The number of rotatable bonds is 4. The van der Waals surface area contributed by atoms with Crippen molar-refractivity contribution in [3.63, 3.8) is 0 Å². The van der Waals surface area contributed by atoms with Gasteiger partial charge in [-0.25, -0.2) is 9.67 Å². The minimum absolute atomic E-state index is 0.198. The molecule has 6 nitrogen and oxygen atoms in total. The van der Waals surface area contributed by atoms with Crippen LogP contribution in [0.25, 0.3) is 10.9 Å². The summed E-state index contributed by atoms with van der Waals surface area (Å²) >= 11 is 0. The molecule has 1 aliphatic heterocycles. The van der Waals surface area contributed by atoms with Gasteiger partial charge in [-0.3, -0.25) is 4.79 Å². The SMILES string of the molecule is CCn1cc(CC(=O)N2CCC[C@H](n3cncn3)C2)c2ccccc21. The van der Waals surface area contributed by atoms with Crippen molar-refractivity contribution in [1.82, 2.24) is 24.2 Å². The average Bonchev–Trinajstić information content (AvgIpc) is 3.30. The number of para-hydroxylation sites is 1. The predicted molar refractivity (Wildman–Crippen MR) is 96.2 cm³/mol. The van der Waals surface area contributed by atoms with Crippen LogP contribution in [0.4, 0.5) is 0 Å². The molecule has 130 valence electrons. The normalized spacial score (nSPS) is 18.0. The molecule has 3 aromatic rings. The van der Waals surface area contributed by atoms with Gasteiger partial charge in [-0.2, -0.15) is 5.10 Å². The molecule has 3 heterocycles. The van der Waals surface area contributed by atoms with Crippen LogP contribution in [-0.2, 0) is 17.8 Å². The van der Waals surface area contributed by atoms with E-state index in [1.165, 1.54) is 10.9 Å². The second-order valence-corrected chi connectivity index (χ2v) is 6.65. The lowest BCUT2D eigenvalue weighted by Crippen LogP contribution is -2.41. The van der Waals surface area contributed by atoms with Crippen molar-refractivity contribution in [3.05, 3.63) is 48.7 Å². The third kappa shape index (κ3) is 3.04. The number of carbonyl (C=O) groups excluding carboxylic acids is 1. The van der Waals surface area contributed by atoms with Crippen LogP contribution in [0.2, 0.25) is 0 Å². The van der Waals surface area contributed by atoms with E-state index in [2.05, 4.69) is 39.9 Å². The van der Waals surface area contributed by atoms with Crippen LogP contribution < -0.4 is 0 Å². The van der Waals surface area contributed by atoms with Crippen LogP contribution in [0.1, 0.15) is 31.4 Å². The molecule has 2 aromatic heterocycles. The van der Waals surface area contributed by atoms with Gasteiger partial charge < -0.3 is 9.47 Å². The molecule has 0 unspecified atom stereocenters. The molecule has 4 rings (SSSR count). The Hall–Kier alpha value is -2.63. The molecule has 0 spiro atoms. The van der Waals surface area contributed by atoms with Gasteiger partial charge in [0.05, 0.1) is 12.5 Å². The largest absolute Gasteiger partial charge is 0.347 e. The van der Waals surface area contributed by atoms with E-state index in [9.17, 15) is 4.79 Å². The molecule has 0 aliphatic carbocycles. The Kier molecular flexibility index (Phi) is 4.26. The second-order valence-electron chi connectivity index (χ2n) is 6.65. The molecule has 1 amide bonds. The molecule has 0 radical (unpaired) electrons. The molecular formula is C19H23N5O. The van der Waals surface area contributed by atoms with Crippen molar-refractivity contribution in [2.45, 2.75) is 38.8 Å². The first-order valence-corrected chi connectivity index (χ1v) is 8.95. The van der Waals surface area contributed by atoms with E-state index in [1.807, 2.05) is 21.7 Å². The lowest BCUT2D eigenvalue weighted by atomic mass is 10.0. The van der Waals surface area contributed by atoms with E-state index in [4.69, 9.17) is 0 Å². The molecule has 1 aromatic carbocycles. The van der Waals surface area contributed by atoms with Crippen molar-refractivity contribution < 1.29 is 4.79 Å². The Labute approximate surface area is 147 Å². The average molecular weight is 337 g/mol. The number of hydrogen-bond donors (Lipinski definition) is 0. The Bertz CT molecular complexity index is 867. The molecule has 1 atom stereocenters. The van der Waals surface area contributed by atoms with Crippen LogP contribution in [0, 0.1) is 0 Å². The Morgan fingerprint density at radius 1 is 1.32 bits per heavy atom. The van der Waals surface area contributed by atoms with Crippen LogP contribution in [0.5, 0.6) is 0 Å². The Morgan fingerprint density at radius 2 is 2.20 bits per heavy atom. The van der Waals surface area contributed by atoms with Crippen molar-refractivity contribution in [3.8, 4) is 0 Å². The molecule has 25 heavy (non-hydrogen) atoms. The first-order valence-electron chi connectivity index (χ1n) is 8.95. The predicted octanol–water partition coefficient (Wildman–Crippen LogP) is 2.66. The molecule has 6 heteroatoms. The first kappa shape index (κ1) is 15.9. The van der Waals surface area contributed by atoms with Gasteiger partial charge in [0, 0.05) is 36.7 Å². The topological polar surface area (TPSA) is 56.0 Å². The van der Waals surface area contributed by atoms with E-state index < -0.39 is 0 Å². The molecule has 0 N–H and O–H groups in total. The van der Waals surface area contributed by atoms with Gasteiger partial charge >= 0.3 is 0 Å². The van der Waals surface area contributed by atoms with Gasteiger partial charge in [0.2, 0.25) is 5.91 Å². The fourth-order valence-electron chi connectivity index (χ4n) is 3.80. The number of piperidine rings is 1.